The number of nitrogens with zero attached hydrogens (tertiary/aromatic N) is 4. The van der Waals surface area contributed by atoms with E-state index < -0.39 is 17.7 Å². The molecular weight excluding hydrogens is 492 g/mol. The number of hydrogen-bond donors (Lipinski definition) is 1. The van der Waals surface area contributed by atoms with Crippen LogP contribution >= 0.6 is 11.6 Å². The summed E-state index contributed by atoms with van der Waals surface area (Å²) < 4.78 is 7.11. The van der Waals surface area contributed by atoms with Crippen LogP contribution < -0.4 is 0 Å². The van der Waals surface area contributed by atoms with Gasteiger partial charge in [0.15, 0.2) is 0 Å². The van der Waals surface area contributed by atoms with Crippen molar-refractivity contribution in [3.8, 4) is 5.69 Å². The Morgan fingerprint density at radius 1 is 1.05 bits per heavy atom. The molecule has 0 bridgehead atoms. The fourth-order valence-electron chi connectivity index (χ4n) is 5.01. The number of Topliss-reactive ketones (excluding diaryl/α,β-unsaturated/α-hetero) is 1. The lowest BCUT2D eigenvalue weighted by Crippen LogP contribution is -2.38. The number of aliphatic hydroxyl groups is 1. The summed E-state index contributed by atoms with van der Waals surface area (Å²) in [6.45, 7) is 6.10. The molecule has 8 nitrogen and oxygen atoms in total. The number of likely N-dealkylation sites (tertiary alicyclic amines) is 1. The molecule has 1 atom stereocenters. The number of halogens is 1. The van der Waals surface area contributed by atoms with E-state index in [9.17, 15) is 14.7 Å². The fourth-order valence-corrected chi connectivity index (χ4v) is 5.13. The second-order valence-corrected chi connectivity index (χ2v) is 9.68. The second kappa shape index (κ2) is 10.9. The maximum absolute atomic E-state index is 13.3. The molecule has 5 rings (SSSR count). The van der Waals surface area contributed by atoms with Crippen LogP contribution in [0, 0.1) is 6.92 Å². The Bertz CT molecular complexity index is 1310. The molecule has 2 aliphatic heterocycles. The Balaban J connectivity index is 1.50. The van der Waals surface area contributed by atoms with E-state index in [2.05, 4.69) is 10.00 Å². The molecule has 1 amide bonds. The van der Waals surface area contributed by atoms with Gasteiger partial charge in [0.25, 0.3) is 11.7 Å². The zero-order valence-corrected chi connectivity index (χ0v) is 21.4. The Labute approximate surface area is 220 Å². The molecule has 0 unspecified atom stereocenters. The number of ketones is 1. The molecule has 2 aromatic carbocycles. The van der Waals surface area contributed by atoms with Gasteiger partial charge in [-0.05, 0) is 43.2 Å². The topological polar surface area (TPSA) is 87.9 Å². The van der Waals surface area contributed by atoms with E-state index in [0.717, 1.165) is 25.3 Å². The predicted octanol–water partition coefficient (Wildman–Crippen LogP) is 3.98. The summed E-state index contributed by atoms with van der Waals surface area (Å²) >= 11 is 6.12. The van der Waals surface area contributed by atoms with Crippen LogP contribution in [0.4, 0.5) is 0 Å². The van der Waals surface area contributed by atoms with Crippen molar-refractivity contribution in [3.05, 3.63) is 88.2 Å². The standard InChI is InChI=1S/C28H29ClN4O4/c1-19-23(18-30-33(19)22-6-3-2-4-7-22)26(34)24-25(20-8-10-21(29)11-9-20)32(28(36)27(24)35)13-5-12-31-14-16-37-17-15-31/h2-4,6-11,18,25,34H,5,12-17H2,1H3/t25-/m0/s1. The SMILES string of the molecule is Cc1c(C(O)=C2C(=O)C(=O)N(CCCN3CCOCC3)[C@H]2c2ccc(Cl)cc2)cnn1-c1ccccc1. The van der Waals surface area contributed by atoms with Gasteiger partial charge >= 0.3 is 0 Å². The third kappa shape index (κ3) is 5.05. The molecular formula is C28H29ClN4O4. The van der Waals surface area contributed by atoms with Crippen molar-refractivity contribution in [1.82, 2.24) is 19.6 Å². The zero-order chi connectivity index (χ0) is 25.9. The summed E-state index contributed by atoms with van der Waals surface area (Å²) in [5.41, 5.74) is 2.68. The van der Waals surface area contributed by atoms with E-state index in [1.807, 2.05) is 37.3 Å². The number of hydrogen-bond acceptors (Lipinski definition) is 6. The number of aromatic nitrogens is 2. The Kier molecular flexibility index (Phi) is 7.41. The smallest absolute Gasteiger partial charge is 0.295 e. The highest BCUT2D eigenvalue weighted by atomic mass is 35.5. The molecule has 3 heterocycles. The first-order valence-electron chi connectivity index (χ1n) is 12.4. The molecule has 0 radical (unpaired) electrons. The largest absolute Gasteiger partial charge is 0.507 e. The number of benzene rings is 2. The molecule has 2 aliphatic rings. The van der Waals surface area contributed by atoms with Crippen LogP contribution in [0.25, 0.3) is 11.4 Å². The van der Waals surface area contributed by atoms with Crippen molar-refractivity contribution in [3.63, 3.8) is 0 Å². The van der Waals surface area contributed by atoms with Crippen molar-refractivity contribution in [2.75, 3.05) is 39.4 Å². The highest BCUT2D eigenvalue weighted by molar-refractivity contribution is 6.46. The first kappa shape index (κ1) is 25.2. The molecule has 2 fully saturated rings. The second-order valence-electron chi connectivity index (χ2n) is 9.24. The molecule has 1 N–H and O–H groups in total. The highest BCUT2D eigenvalue weighted by Gasteiger charge is 2.46. The van der Waals surface area contributed by atoms with Crippen molar-refractivity contribution < 1.29 is 19.4 Å². The van der Waals surface area contributed by atoms with Gasteiger partial charge in [-0.1, -0.05) is 41.9 Å². The fraction of sp³-hybridized carbons (Fsp3) is 0.321. The van der Waals surface area contributed by atoms with Gasteiger partial charge in [0.2, 0.25) is 0 Å². The Morgan fingerprint density at radius 3 is 2.46 bits per heavy atom. The average Bonchev–Trinajstić information content (AvgIpc) is 3.42. The van der Waals surface area contributed by atoms with Crippen LogP contribution in [0.2, 0.25) is 5.02 Å². The van der Waals surface area contributed by atoms with Crippen LogP contribution in [0.5, 0.6) is 0 Å². The lowest BCUT2D eigenvalue weighted by atomic mass is 9.95. The average molecular weight is 521 g/mol. The van der Waals surface area contributed by atoms with Gasteiger partial charge in [0, 0.05) is 31.2 Å². The number of aliphatic hydroxyl groups excluding tert-OH is 1. The summed E-state index contributed by atoms with van der Waals surface area (Å²) in [5.74, 6) is -1.54. The third-order valence-electron chi connectivity index (χ3n) is 6.97. The minimum atomic E-state index is -0.721. The van der Waals surface area contributed by atoms with Crippen LogP contribution in [0.3, 0.4) is 0 Å². The van der Waals surface area contributed by atoms with Gasteiger partial charge in [0.05, 0.1) is 48.0 Å². The minimum absolute atomic E-state index is 0.0643. The number of carbonyl (C=O) groups excluding carboxylic acids is 2. The van der Waals surface area contributed by atoms with Gasteiger partial charge in [-0.2, -0.15) is 5.10 Å². The summed E-state index contributed by atoms with van der Waals surface area (Å²) in [5, 5.41) is 16.4. The van der Waals surface area contributed by atoms with Crippen molar-refractivity contribution in [1.29, 1.82) is 0 Å². The number of rotatable bonds is 7. The summed E-state index contributed by atoms with van der Waals surface area (Å²) in [6.07, 6.45) is 2.23. The Morgan fingerprint density at radius 2 is 1.76 bits per heavy atom. The van der Waals surface area contributed by atoms with E-state index in [-0.39, 0.29) is 11.3 Å². The van der Waals surface area contributed by atoms with Crippen molar-refractivity contribution in [2.24, 2.45) is 0 Å². The van der Waals surface area contributed by atoms with Gasteiger partial charge in [-0.3, -0.25) is 14.5 Å². The van der Waals surface area contributed by atoms with Crippen LogP contribution in [-0.4, -0.2) is 75.8 Å². The number of ether oxygens (including phenoxy) is 1. The van der Waals surface area contributed by atoms with Crippen molar-refractivity contribution >= 4 is 29.1 Å². The number of morpholine rings is 1. The lowest BCUT2D eigenvalue weighted by Gasteiger charge is -2.29. The predicted molar refractivity (Wildman–Crippen MR) is 141 cm³/mol. The summed E-state index contributed by atoms with van der Waals surface area (Å²) in [7, 11) is 0. The van der Waals surface area contributed by atoms with Gasteiger partial charge in [-0.15, -0.1) is 0 Å². The minimum Gasteiger partial charge on any atom is -0.507 e. The molecule has 0 saturated carbocycles. The Hall–Kier alpha value is -3.46. The first-order valence-corrected chi connectivity index (χ1v) is 12.8. The number of amides is 1. The molecule has 0 aliphatic carbocycles. The van der Waals surface area contributed by atoms with Crippen LogP contribution in [0.1, 0.15) is 29.3 Å². The lowest BCUT2D eigenvalue weighted by molar-refractivity contribution is -0.140. The van der Waals surface area contributed by atoms with E-state index in [0.29, 0.717) is 48.0 Å². The number of para-hydroxylation sites is 1. The molecule has 37 heavy (non-hydrogen) atoms. The highest BCUT2D eigenvalue weighted by Crippen LogP contribution is 2.40. The van der Waals surface area contributed by atoms with Gasteiger partial charge in [-0.25, -0.2) is 4.68 Å². The van der Waals surface area contributed by atoms with Crippen LogP contribution in [0.15, 0.2) is 66.4 Å². The third-order valence-corrected chi connectivity index (χ3v) is 7.22. The van der Waals surface area contributed by atoms with E-state index >= 15 is 0 Å². The monoisotopic (exact) mass is 520 g/mol. The number of carbonyl (C=O) groups is 2. The molecule has 0 spiro atoms. The van der Waals surface area contributed by atoms with Crippen LogP contribution in [-0.2, 0) is 14.3 Å². The van der Waals surface area contributed by atoms with E-state index in [1.165, 1.54) is 6.20 Å². The summed E-state index contributed by atoms with van der Waals surface area (Å²) in [4.78, 5) is 30.4. The van der Waals surface area contributed by atoms with Gasteiger partial charge in [0.1, 0.15) is 5.76 Å². The molecule has 3 aromatic rings. The normalized spacial score (nSPS) is 20.1. The molecule has 1 aromatic heterocycles. The molecule has 192 valence electrons. The molecule has 2 saturated heterocycles. The zero-order valence-electron chi connectivity index (χ0n) is 20.6. The molecule has 9 heteroatoms. The van der Waals surface area contributed by atoms with Crippen molar-refractivity contribution in [2.45, 2.75) is 19.4 Å². The summed E-state index contributed by atoms with van der Waals surface area (Å²) in [6, 6.07) is 15.8. The maximum Gasteiger partial charge on any atom is 0.295 e. The van der Waals surface area contributed by atoms with Gasteiger partial charge < -0.3 is 14.7 Å². The van der Waals surface area contributed by atoms with E-state index in [1.54, 1.807) is 33.8 Å². The van der Waals surface area contributed by atoms with E-state index in [4.69, 9.17) is 16.3 Å². The quantitative estimate of drug-likeness (QED) is 0.288. The first-order chi connectivity index (χ1) is 18.0. The maximum atomic E-state index is 13.3.